The number of rotatable bonds is 8. The van der Waals surface area contributed by atoms with Crippen LogP contribution < -0.4 is 10.2 Å². The first kappa shape index (κ1) is 13.7. The van der Waals surface area contributed by atoms with Crippen LogP contribution in [0.1, 0.15) is 25.5 Å². The van der Waals surface area contributed by atoms with Gasteiger partial charge in [0.1, 0.15) is 25.2 Å². The van der Waals surface area contributed by atoms with Crippen LogP contribution in [0.15, 0.2) is 21.5 Å². The summed E-state index contributed by atoms with van der Waals surface area (Å²) in [4.78, 5) is 11.4. The largest absolute Gasteiger partial charge is 0.484 e. The van der Waals surface area contributed by atoms with Crippen molar-refractivity contribution in [1.29, 1.82) is 0 Å². The lowest BCUT2D eigenvalue weighted by Crippen LogP contribution is -2.13. The zero-order chi connectivity index (χ0) is 12.5. The Bertz CT molecular complexity index is 371. The second-order valence-electron chi connectivity index (χ2n) is 3.55. The predicted molar refractivity (Wildman–Crippen MR) is 62.1 cm³/mol. The van der Waals surface area contributed by atoms with Crippen LogP contribution in [0.25, 0.3) is 0 Å². The first-order valence-corrected chi connectivity index (χ1v) is 5.71. The van der Waals surface area contributed by atoms with Gasteiger partial charge in [0, 0.05) is 12.7 Å². The van der Waals surface area contributed by atoms with E-state index in [9.17, 15) is 4.79 Å². The van der Waals surface area contributed by atoms with Crippen LogP contribution in [0.4, 0.5) is 0 Å². The molecule has 0 radical (unpaired) electrons. The van der Waals surface area contributed by atoms with Crippen LogP contribution in [0, 0.1) is 0 Å². The van der Waals surface area contributed by atoms with Gasteiger partial charge in [-0.2, -0.15) is 0 Å². The van der Waals surface area contributed by atoms with Gasteiger partial charge in [0.25, 0.3) is 0 Å². The van der Waals surface area contributed by atoms with E-state index in [1.807, 2.05) is 0 Å². The summed E-state index contributed by atoms with van der Waals surface area (Å²) < 4.78 is 15.5. The molecule has 0 aliphatic heterocycles. The van der Waals surface area contributed by atoms with E-state index in [-0.39, 0.29) is 23.5 Å². The molecule has 0 fully saturated rings. The minimum absolute atomic E-state index is 0.140. The van der Waals surface area contributed by atoms with Gasteiger partial charge in [0.2, 0.25) is 11.2 Å². The summed E-state index contributed by atoms with van der Waals surface area (Å²) in [7, 11) is 0. The van der Waals surface area contributed by atoms with Crippen LogP contribution in [-0.2, 0) is 11.3 Å². The van der Waals surface area contributed by atoms with Crippen molar-refractivity contribution in [3.8, 4) is 5.75 Å². The molecule has 1 N–H and O–H groups in total. The molecule has 5 nitrogen and oxygen atoms in total. The molecule has 1 rings (SSSR count). The molecular formula is C12H18O5. The Kier molecular flexibility index (Phi) is 6.35. The standard InChI is InChI=1S/C12H18O5/c1-2-3-4-15-5-6-16-12-9-17-10(8-13)7-11(12)14/h7,9,13H,2-6,8H2,1H3. The van der Waals surface area contributed by atoms with Crippen LogP contribution in [0.2, 0.25) is 0 Å². The fraction of sp³-hybridized carbons (Fsp3) is 0.583. The molecule has 0 saturated carbocycles. The van der Waals surface area contributed by atoms with E-state index in [0.29, 0.717) is 19.8 Å². The minimum Gasteiger partial charge on any atom is -0.484 e. The third-order valence-corrected chi connectivity index (χ3v) is 2.14. The Labute approximate surface area is 100.0 Å². The minimum atomic E-state index is -0.297. The summed E-state index contributed by atoms with van der Waals surface area (Å²) in [6, 6.07) is 1.22. The second kappa shape index (κ2) is 7.86. The summed E-state index contributed by atoms with van der Waals surface area (Å²) >= 11 is 0. The van der Waals surface area contributed by atoms with E-state index in [4.69, 9.17) is 19.0 Å². The van der Waals surface area contributed by atoms with Crippen LogP contribution in [0.5, 0.6) is 5.75 Å². The van der Waals surface area contributed by atoms with E-state index in [2.05, 4.69) is 6.92 Å². The van der Waals surface area contributed by atoms with Crippen molar-refractivity contribution in [2.24, 2.45) is 0 Å². The average Bonchev–Trinajstić information content (AvgIpc) is 2.35. The molecule has 5 heteroatoms. The fourth-order valence-electron chi connectivity index (χ4n) is 1.19. The maximum Gasteiger partial charge on any atom is 0.227 e. The lowest BCUT2D eigenvalue weighted by Gasteiger charge is -2.06. The predicted octanol–water partition coefficient (Wildman–Crippen LogP) is 1.33. The molecule has 0 amide bonds. The number of aliphatic hydroxyl groups is 1. The van der Waals surface area contributed by atoms with Gasteiger partial charge in [-0.15, -0.1) is 0 Å². The lowest BCUT2D eigenvalue weighted by atomic mass is 10.4. The third kappa shape index (κ3) is 5.01. The Balaban J connectivity index is 2.29. The van der Waals surface area contributed by atoms with Crippen molar-refractivity contribution in [3.05, 3.63) is 28.3 Å². The maximum atomic E-state index is 11.4. The van der Waals surface area contributed by atoms with Crippen molar-refractivity contribution >= 4 is 0 Å². The fourth-order valence-corrected chi connectivity index (χ4v) is 1.19. The van der Waals surface area contributed by atoms with Gasteiger partial charge in [-0.25, -0.2) is 0 Å². The van der Waals surface area contributed by atoms with Crippen molar-refractivity contribution in [2.45, 2.75) is 26.4 Å². The first-order valence-electron chi connectivity index (χ1n) is 5.71. The zero-order valence-corrected chi connectivity index (χ0v) is 9.98. The summed E-state index contributed by atoms with van der Waals surface area (Å²) in [6.07, 6.45) is 3.32. The van der Waals surface area contributed by atoms with Gasteiger partial charge in [-0.3, -0.25) is 4.79 Å². The molecule has 0 spiro atoms. The molecule has 0 aromatic carbocycles. The highest BCUT2D eigenvalue weighted by Gasteiger charge is 2.03. The Morgan fingerprint density at radius 3 is 2.82 bits per heavy atom. The van der Waals surface area contributed by atoms with Crippen molar-refractivity contribution in [2.75, 3.05) is 19.8 Å². The highest BCUT2D eigenvalue weighted by atomic mass is 16.5. The Morgan fingerprint density at radius 1 is 1.35 bits per heavy atom. The normalized spacial score (nSPS) is 10.5. The van der Waals surface area contributed by atoms with Crippen LogP contribution in [-0.4, -0.2) is 24.9 Å². The van der Waals surface area contributed by atoms with Gasteiger partial charge in [-0.1, -0.05) is 13.3 Å². The van der Waals surface area contributed by atoms with E-state index >= 15 is 0 Å². The molecule has 1 aromatic heterocycles. The van der Waals surface area contributed by atoms with Crippen LogP contribution in [0.3, 0.4) is 0 Å². The quantitative estimate of drug-likeness (QED) is 0.696. The molecule has 1 aromatic rings. The number of aliphatic hydroxyl groups excluding tert-OH is 1. The van der Waals surface area contributed by atoms with E-state index < -0.39 is 0 Å². The topological polar surface area (TPSA) is 68.9 Å². The van der Waals surface area contributed by atoms with Gasteiger partial charge in [-0.05, 0) is 6.42 Å². The van der Waals surface area contributed by atoms with Gasteiger partial charge in [0.05, 0.1) is 6.61 Å². The monoisotopic (exact) mass is 242 g/mol. The Hall–Kier alpha value is -1.33. The van der Waals surface area contributed by atoms with Crippen molar-refractivity contribution < 1.29 is 19.0 Å². The maximum absolute atomic E-state index is 11.4. The van der Waals surface area contributed by atoms with E-state index in [1.54, 1.807) is 0 Å². The molecule has 0 aliphatic carbocycles. The highest BCUT2D eigenvalue weighted by molar-refractivity contribution is 5.17. The summed E-state index contributed by atoms with van der Waals surface area (Å²) in [6.45, 7) is 3.26. The van der Waals surface area contributed by atoms with E-state index in [1.165, 1.54) is 12.3 Å². The first-order chi connectivity index (χ1) is 8.27. The van der Waals surface area contributed by atoms with Crippen molar-refractivity contribution in [3.63, 3.8) is 0 Å². The zero-order valence-electron chi connectivity index (χ0n) is 9.98. The van der Waals surface area contributed by atoms with Crippen molar-refractivity contribution in [1.82, 2.24) is 0 Å². The van der Waals surface area contributed by atoms with Gasteiger partial charge < -0.3 is 19.0 Å². The molecule has 1 heterocycles. The smallest absolute Gasteiger partial charge is 0.227 e. The molecule has 0 atom stereocenters. The molecule has 96 valence electrons. The number of unbranched alkanes of at least 4 members (excludes halogenated alkanes) is 1. The van der Waals surface area contributed by atoms with Gasteiger partial charge >= 0.3 is 0 Å². The summed E-state index contributed by atoms with van der Waals surface area (Å²) in [5.41, 5.74) is -0.297. The van der Waals surface area contributed by atoms with Crippen LogP contribution >= 0.6 is 0 Å². The average molecular weight is 242 g/mol. The molecular weight excluding hydrogens is 224 g/mol. The van der Waals surface area contributed by atoms with E-state index in [0.717, 1.165) is 12.8 Å². The SMILES string of the molecule is CCCCOCCOc1coc(CO)cc1=O. The molecule has 0 saturated heterocycles. The number of hydrogen-bond donors (Lipinski definition) is 1. The second-order valence-corrected chi connectivity index (χ2v) is 3.55. The molecule has 0 aliphatic rings. The lowest BCUT2D eigenvalue weighted by molar-refractivity contribution is 0.0967. The van der Waals surface area contributed by atoms with Gasteiger partial charge in [0.15, 0.2) is 0 Å². The molecule has 17 heavy (non-hydrogen) atoms. The Morgan fingerprint density at radius 2 is 2.18 bits per heavy atom. The molecule has 0 unspecified atom stereocenters. The number of ether oxygens (including phenoxy) is 2. The summed E-state index contributed by atoms with van der Waals surface area (Å²) in [5, 5.41) is 8.76. The molecule has 0 bridgehead atoms. The summed E-state index contributed by atoms with van der Waals surface area (Å²) in [5.74, 6) is 0.364. The number of hydrogen-bond acceptors (Lipinski definition) is 5. The third-order valence-electron chi connectivity index (χ3n) is 2.14. The highest BCUT2D eigenvalue weighted by Crippen LogP contribution is 2.05.